The van der Waals surface area contributed by atoms with Gasteiger partial charge in [0, 0.05) is 0 Å². The number of hydrogen-bond acceptors (Lipinski definition) is 6. The van der Waals surface area contributed by atoms with Gasteiger partial charge in [-0.25, -0.2) is 0 Å². The third kappa shape index (κ3) is 204. The fourth-order valence-corrected chi connectivity index (χ4v) is 0. The Morgan fingerprint density at radius 2 is 0.778 bits per heavy atom. The Morgan fingerprint density at radius 3 is 0.778 bits per heavy atom. The van der Waals surface area contributed by atoms with Crippen LogP contribution in [-0.2, 0) is 17.1 Å². The Labute approximate surface area is 60.2 Å². The van der Waals surface area contributed by atoms with Crippen LogP contribution < -0.4 is 20.4 Å². The number of carbonyl (C=O) groups excluding carboxylic acids is 2. The van der Waals surface area contributed by atoms with Crippen molar-refractivity contribution in [3.8, 4) is 0 Å². The molecule has 6 nitrogen and oxygen atoms in total. The van der Waals surface area contributed by atoms with Gasteiger partial charge in [0.05, 0.1) is 0 Å². The molecule has 0 rings (SSSR count). The number of rotatable bonds is 0. The average Bonchev–Trinajstić information content (AvgIpc) is 1.25. The van der Waals surface area contributed by atoms with E-state index in [-0.39, 0.29) is 17.1 Å². The Balaban J connectivity index is -0.0000000720. The van der Waals surface area contributed by atoms with Gasteiger partial charge in [-0.1, -0.05) is 0 Å². The summed E-state index contributed by atoms with van der Waals surface area (Å²) in [5, 5.41) is 33.3. The molecule has 0 unspecified atom stereocenters. The van der Waals surface area contributed by atoms with Gasteiger partial charge in [0.2, 0.25) is 0 Å². The van der Waals surface area contributed by atoms with Crippen molar-refractivity contribution in [2.75, 3.05) is 0 Å². The maximum absolute atomic E-state index is 8.33. The molecule has 0 N–H and O–H groups in total. The largest absolute Gasteiger partial charge is 4.00 e. The Hall–Kier alpha value is -0.941. The predicted molar refractivity (Wildman–Crippen MR) is 10.8 cm³/mol. The second-order valence-electron chi connectivity index (χ2n) is 0.500. The first-order chi connectivity index (χ1) is 3.46. The minimum absolute atomic E-state index is 0. The van der Waals surface area contributed by atoms with Gasteiger partial charge in [-0.2, -0.15) is 0 Å². The van der Waals surface area contributed by atoms with Crippen LogP contribution in [0.4, 0.5) is 9.59 Å². The van der Waals surface area contributed by atoms with E-state index in [2.05, 4.69) is 0 Å². The van der Waals surface area contributed by atoms with Crippen LogP contribution in [0.15, 0.2) is 0 Å². The number of carbonyl (C=O) groups is 2. The molecule has 0 heterocycles. The van der Waals surface area contributed by atoms with Crippen molar-refractivity contribution < 1.29 is 47.1 Å². The van der Waals surface area contributed by atoms with Crippen LogP contribution in [0.1, 0.15) is 0 Å². The van der Waals surface area contributed by atoms with E-state index in [9.17, 15) is 0 Å². The summed E-state index contributed by atoms with van der Waals surface area (Å²) in [6.07, 6.45) is -4.67. The van der Waals surface area contributed by atoms with Crippen LogP contribution in [0.25, 0.3) is 0 Å². The third-order valence-corrected chi connectivity index (χ3v) is 0. The van der Waals surface area contributed by atoms with Crippen molar-refractivity contribution in [3.05, 3.63) is 0 Å². The van der Waals surface area contributed by atoms with Crippen molar-refractivity contribution in [1.82, 2.24) is 0 Å². The van der Waals surface area contributed by atoms with Crippen molar-refractivity contribution in [3.63, 3.8) is 0 Å². The minimum atomic E-state index is -2.33. The van der Waals surface area contributed by atoms with E-state index >= 15 is 0 Å². The van der Waals surface area contributed by atoms with Gasteiger partial charge in [-0.3, -0.25) is 0 Å². The molecule has 0 amide bonds. The van der Waals surface area contributed by atoms with E-state index in [4.69, 9.17) is 30.0 Å². The quantitative estimate of drug-likeness (QED) is 0.339. The molecular formula is C2MnO6. The first-order valence-corrected chi connectivity index (χ1v) is 1.22. The zero-order valence-corrected chi connectivity index (χ0v) is 5.01. The smallest absolute Gasteiger partial charge is 0.652 e. The summed E-state index contributed by atoms with van der Waals surface area (Å²) in [7, 11) is 0. The van der Waals surface area contributed by atoms with Crippen molar-refractivity contribution in [2.45, 2.75) is 0 Å². The van der Waals surface area contributed by atoms with E-state index < -0.39 is 12.3 Å². The van der Waals surface area contributed by atoms with E-state index in [1.165, 1.54) is 0 Å². The normalized spacial score (nSPS) is 5.33. The minimum Gasteiger partial charge on any atom is -0.652 e. The maximum atomic E-state index is 8.33. The summed E-state index contributed by atoms with van der Waals surface area (Å²) >= 11 is 0. The van der Waals surface area contributed by atoms with E-state index in [1.54, 1.807) is 0 Å². The summed E-state index contributed by atoms with van der Waals surface area (Å²) < 4.78 is 0. The maximum Gasteiger partial charge on any atom is 4.00 e. The molecule has 0 aliphatic heterocycles. The fourth-order valence-electron chi connectivity index (χ4n) is 0. The van der Waals surface area contributed by atoms with Crippen molar-refractivity contribution >= 4 is 12.3 Å². The van der Waals surface area contributed by atoms with Crippen LogP contribution in [0, 0.1) is 0 Å². The van der Waals surface area contributed by atoms with Gasteiger partial charge in [-0.15, -0.1) is 0 Å². The predicted octanol–water partition coefficient (Wildman–Crippen LogP) is -4.90. The van der Waals surface area contributed by atoms with Crippen LogP contribution >= 0.6 is 0 Å². The van der Waals surface area contributed by atoms with Crippen LogP contribution in [0.2, 0.25) is 0 Å². The molecule has 0 saturated heterocycles. The Bertz CT molecular complexity index is 69.1. The molecule has 0 spiro atoms. The molecule has 9 heavy (non-hydrogen) atoms. The molecule has 0 bridgehead atoms. The molecular weight excluding hydrogens is 175 g/mol. The van der Waals surface area contributed by atoms with Crippen LogP contribution in [-0.4, -0.2) is 12.3 Å². The van der Waals surface area contributed by atoms with Gasteiger partial charge < -0.3 is 30.0 Å². The molecule has 0 aromatic heterocycles. The molecule has 0 fully saturated rings. The van der Waals surface area contributed by atoms with Gasteiger partial charge in [-0.05, 0) is 12.3 Å². The van der Waals surface area contributed by atoms with E-state index in [1.807, 2.05) is 0 Å². The van der Waals surface area contributed by atoms with Crippen LogP contribution in [0.5, 0.6) is 0 Å². The SMILES string of the molecule is O=C([O-])[O-].O=C([O-])[O-].[Mn+4]. The Kier molecular flexibility index (Phi) is 17.7. The number of carboxylic acid groups (broad SMARTS) is 4. The summed E-state index contributed by atoms with van der Waals surface area (Å²) in [5.41, 5.74) is 0. The van der Waals surface area contributed by atoms with Gasteiger partial charge in [0.1, 0.15) is 0 Å². The van der Waals surface area contributed by atoms with Gasteiger partial charge in [0.15, 0.2) is 0 Å². The summed E-state index contributed by atoms with van der Waals surface area (Å²) in [6, 6.07) is 0. The first kappa shape index (κ1) is 15.7. The zero-order chi connectivity index (χ0) is 7.15. The average molecular weight is 175 g/mol. The molecule has 0 aromatic rings. The van der Waals surface area contributed by atoms with E-state index in [0.29, 0.717) is 0 Å². The molecule has 1 radical (unpaired) electrons. The standard InChI is InChI=1S/2CH2O3.Mn/c2*2-1(3)4;/h2*(H2,2,3,4);/q;;+4/p-4. The number of hydrogen-bond donors (Lipinski definition) is 0. The first-order valence-electron chi connectivity index (χ1n) is 1.22. The van der Waals surface area contributed by atoms with Crippen LogP contribution in [0.3, 0.4) is 0 Å². The van der Waals surface area contributed by atoms with Gasteiger partial charge >= 0.3 is 17.1 Å². The molecule has 0 saturated carbocycles. The van der Waals surface area contributed by atoms with E-state index in [0.717, 1.165) is 0 Å². The van der Waals surface area contributed by atoms with Gasteiger partial charge in [0.25, 0.3) is 0 Å². The second kappa shape index (κ2) is 10.1. The Morgan fingerprint density at radius 1 is 0.778 bits per heavy atom. The molecule has 0 aromatic carbocycles. The monoisotopic (exact) mass is 175 g/mol. The summed E-state index contributed by atoms with van der Waals surface area (Å²) in [4.78, 5) is 16.7. The molecule has 51 valence electrons. The summed E-state index contributed by atoms with van der Waals surface area (Å²) in [5.74, 6) is 0. The van der Waals surface area contributed by atoms with Crippen molar-refractivity contribution in [1.29, 1.82) is 0 Å². The molecule has 7 heteroatoms. The summed E-state index contributed by atoms with van der Waals surface area (Å²) in [6.45, 7) is 0. The molecule has 0 aliphatic rings. The topological polar surface area (TPSA) is 126 Å². The second-order valence-corrected chi connectivity index (χ2v) is 0.500. The third-order valence-electron chi connectivity index (χ3n) is 0. The molecule has 0 atom stereocenters. The van der Waals surface area contributed by atoms with Crippen molar-refractivity contribution in [2.24, 2.45) is 0 Å². The fraction of sp³-hybridized carbons (Fsp3) is 0. The zero-order valence-electron chi connectivity index (χ0n) is 3.83. The molecule has 0 aliphatic carbocycles.